The molecule has 0 aliphatic carbocycles. The lowest BCUT2D eigenvalue weighted by atomic mass is 10.2. The van der Waals surface area contributed by atoms with Crippen LogP contribution in [0, 0.1) is 0 Å². The second-order valence-corrected chi connectivity index (χ2v) is 5.93. The summed E-state index contributed by atoms with van der Waals surface area (Å²) in [5.74, 6) is 1.26. The van der Waals surface area contributed by atoms with Crippen molar-refractivity contribution >= 4 is 33.7 Å². The first-order chi connectivity index (χ1) is 12.1. The third-order valence-corrected chi connectivity index (χ3v) is 3.63. The number of carbonyl (C=O) groups is 1. The Hall–Kier alpha value is -2.47. The largest absolute Gasteiger partial charge is 0.490 e. The summed E-state index contributed by atoms with van der Waals surface area (Å²) in [6, 6.07) is 12.7. The molecular weight excluding hydrogens is 384 g/mol. The first-order valence-electron chi connectivity index (χ1n) is 8.01. The van der Waals surface area contributed by atoms with Crippen molar-refractivity contribution in [2.75, 3.05) is 18.5 Å². The monoisotopic (exact) mass is 404 g/mol. The zero-order valence-corrected chi connectivity index (χ0v) is 15.8. The highest BCUT2D eigenvalue weighted by Crippen LogP contribution is 2.30. The molecule has 0 aliphatic rings. The van der Waals surface area contributed by atoms with Crippen LogP contribution in [-0.2, 0) is 0 Å². The maximum Gasteiger partial charge on any atom is 0.323 e. The molecule has 0 bridgehead atoms. The lowest BCUT2D eigenvalue weighted by molar-refractivity contribution is 0.255. The molecule has 2 amide bonds. The van der Waals surface area contributed by atoms with E-state index in [1.54, 1.807) is 24.4 Å². The highest BCUT2D eigenvalue weighted by molar-refractivity contribution is 9.10. The zero-order valence-electron chi connectivity index (χ0n) is 14.2. The summed E-state index contributed by atoms with van der Waals surface area (Å²) < 4.78 is 12.0. The summed E-state index contributed by atoms with van der Waals surface area (Å²) in [5.41, 5.74) is 1.61. The molecule has 132 valence electrons. The van der Waals surface area contributed by atoms with E-state index in [0.29, 0.717) is 30.4 Å². The Morgan fingerprint density at radius 2 is 1.84 bits per heavy atom. The van der Waals surface area contributed by atoms with Gasteiger partial charge in [0, 0.05) is 22.4 Å². The molecular formula is C19H21BrN2O3. The molecule has 2 aromatic rings. The predicted octanol–water partition coefficient (Wildman–Crippen LogP) is 5.04. The van der Waals surface area contributed by atoms with E-state index in [4.69, 9.17) is 9.47 Å². The summed E-state index contributed by atoms with van der Waals surface area (Å²) >= 11 is 3.41. The summed E-state index contributed by atoms with van der Waals surface area (Å²) in [6.07, 6.45) is 3.41. The van der Waals surface area contributed by atoms with E-state index in [1.807, 2.05) is 44.2 Å². The Morgan fingerprint density at radius 1 is 1.08 bits per heavy atom. The van der Waals surface area contributed by atoms with Gasteiger partial charge in [-0.2, -0.15) is 0 Å². The van der Waals surface area contributed by atoms with Gasteiger partial charge >= 0.3 is 6.03 Å². The first-order valence-corrected chi connectivity index (χ1v) is 8.81. The van der Waals surface area contributed by atoms with Crippen LogP contribution in [0.3, 0.4) is 0 Å². The molecule has 0 aliphatic heterocycles. The molecule has 6 heteroatoms. The van der Waals surface area contributed by atoms with Gasteiger partial charge in [0.05, 0.1) is 13.2 Å². The number of nitrogens with one attached hydrogen (secondary N) is 2. The molecule has 0 unspecified atom stereocenters. The number of benzene rings is 2. The molecule has 2 aromatic carbocycles. The molecule has 2 N–H and O–H groups in total. The van der Waals surface area contributed by atoms with Crippen LogP contribution in [0.4, 0.5) is 10.5 Å². The number of urea groups is 1. The van der Waals surface area contributed by atoms with Crippen molar-refractivity contribution in [3.63, 3.8) is 0 Å². The minimum atomic E-state index is -0.335. The smallest absolute Gasteiger partial charge is 0.323 e. The molecule has 25 heavy (non-hydrogen) atoms. The van der Waals surface area contributed by atoms with Crippen molar-refractivity contribution < 1.29 is 14.3 Å². The van der Waals surface area contributed by atoms with Crippen molar-refractivity contribution in [3.05, 3.63) is 58.7 Å². The van der Waals surface area contributed by atoms with Crippen LogP contribution in [0.1, 0.15) is 19.4 Å². The maximum atomic E-state index is 12.0. The summed E-state index contributed by atoms with van der Waals surface area (Å²) in [7, 11) is 0. The minimum Gasteiger partial charge on any atom is -0.490 e. The molecule has 0 spiro atoms. The van der Waals surface area contributed by atoms with Gasteiger partial charge in [0.25, 0.3) is 0 Å². The van der Waals surface area contributed by atoms with Gasteiger partial charge < -0.3 is 20.1 Å². The van der Waals surface area contributed by atoms with E-state index in [1.165, 1.54) is 0 Å². The van der Waals surface area contributed by atoms with E-state index >= 15 is 0 Å². The Morgan fingerprint density at radius 3 is 2.56 bits per heavy atom. The van der Waals surface area contributed by atoms with Gasteiger partial charge in [0.15, 0.2) is 11.5 Å². The fourth-order valence-electron chi connectivity index (χ4n) is 2.12. The Bertz CT molecular complexity index is 747. The average molecular weight is 405 g/mol. The molecule has 0 saturated carbocycles. The predicted molar refractivity (Wildman–Crippen MR) is 104 cm³/mol. The number of hydrogen-bond acceptors (Lipinski definition) is 3. The number of ether oxygens (including phenoxy) is 2. The van der Waals surface area contributed by atoms with E-state index < -0.39 is 0 Å². The van der Waals surface area contributed by atoms with Crippen LogP contribution in [-0.4, -0.2) is 19.2 Å². The van der Waals surface area contributed by atoms with Gasteiger partial charge in [-0.3, -0.25) is 0 Å². The quantitative estimate of drug-likeness (QED) is 0.679. The molecule has 0 radical (unpaired) electrons. The first kappa shape index (κ1) is 18.9. The highest BCUT2D eigenvalue weighted by Gasteiger charge is 2.07. The van der Waals surface area contributed by atoms with Gasteiger partial charge in [-0.25, -0.2) is 4.79 Å². The van der Waals surface area contributed by atoms with E-state index in [0.717, 1.165) is 10.0 Å². The summed E-state index contributed by atoms with van der Waals surface area (Å²) in [4.78, 5) is 12.0. The lowest BCUT2D eigenvalue weighted by Crippen LogP contribution is -2.23. The standard InChI is InChI=1S/C19H21BrN2O3/c1-3-24-17-9-8-16(13-18(17)25-4-2)22-19(23)21-11-10-14-6-5-7-15(20)12-14/h5-13H,3-4H2,1-2H3,(H2,21,22,23)/b11-10+. The van der Waals surface area contributed by atoms with Crippen LogP contribution < -0.4 is 20.1 Å². The van der Waals surface area contributed by atoms with Crippen LogP contribution in [0.15, 0.2) is 53.1 Å². The average Bonchev–Trinajstić information content (AvgIpc) is 2.58. The van der Waals surface area contributed by atoms with Crippen LogP contribution in [0.5, 0.6) is 11.5 Å². The van der Waals surface area contributed by atoms with Crippen LogP contribution >= 0.6 is 15.9 Å². The molecule has 0 heterocycles. The Labute approximate surface area is 156 Å². The van der Waals surface area contributed by atoms with Crippen molar-refractivity contribution in [1.82, 2.24) is 5.32 Å². The Balaban J connectivity index is 1.96. The van der Waals surface area contributed by atoms with Gasteiger partial charge in [0.2, 0.25) is 0 Å². The molecule has 0 atom stereocenters. The second-order valence-electron chi connectivity index (χ2n) is 5.01. The van der Waals surface area contributed by atoms with Crippen molar-refractivity contribution in [2.24, 2.45) is 0 Å². The third kappa shape index (κ3) is 6.15. The molecule has 0 fully saturated rings. The number of rotatable bonds is 7. The number of hydrogen-bond donors (Lipinski definition) is 2. The topological polar surface area (TPSA) is 59.6 Å². The van der Waals surface area contributed by atoms with E-state index in [2.05, 4.69) is 26.6 Å². The maximum absolute atomic E-state index is 12.0. The van der Waals surface area contributed by atoms with Crippen LogP contribution in [0.25, 0.3) is 6.08 Å². The molecule has 2 rings (SSSR count). The summed E-state index contributed by atoms with van der Waals surface area (Å²) in [6.45, 7) is 4.88. The number of anilines is 1. The number of halogens is 1. The molecule has 5 nitrogen and oxygen atoms in total. The zero-order chi connectivity index (χ0) is 18.1. The van der Waals surface area contributed by atoms with Gasteiger partial charge in [-0.05, 0) is 49.8 Å². The number of carbonyl (C=O) groups excluding carboxylic acids is 1. The third-order valence-electron chi connectivity index (χ3n) is 3.14. The van der Waals surface area contributed by atoms with Crippen molar-refractivity contribution in [3.8, 4) is 11.5 Å². The van der Waals surface area contributed by atoms with E-state index in [9.17, 15) is 4.79 Å². The van der Waals surface area contributed by atoms with Gasteiger partial charge in [0.1, 0.15) is 0 Å². The number of amides is 2. The van der Waals surface area contributed by atoms with E-state index in [-0.39, 0.29) is 6.03 Å². The lowest BCUT2D eigenvalue weighted by Gasteiger charge is -2.12. The summed E-state index contributed by atoms with van der Waals surface area (Å²) in [5, 5.41) is 5.43. The second kappa shape index (κ2) is 9.74. The fraction of sp³-hybridized carbons (Fsp3) is 0.211. The highest BCUT2D eigenvalue weighted by atomic mass is 79.9. The minimum absolute atomic E-state index is 0.335. The Kier molecular flexibility index (Phi) is 7.35. The van der Waals surface area contributed by atoms with Crippen molar-refractivity contribution in [1.29, 1.82) is 0 Å². The van der Waals surface area contributed by atoms with Gasteiger partial charge in [-0.1, -0.05) is 28.1 Å². The molecule has 0 aromatic heterocycles. The van der Waals surface area contributed by atoms with Gasteiger partial charge in [-0.15, -0.1) is 0 Å². The SMILES string of the molecule is CCOc1ccc(NC(=O)N/C=C/c2cccc(Br)c2)cc1OCC. The molecule has 0 saturated heterocycles. The van der Waals surface area contributed by atoms with Crippen LogP contribution in [0.2, 0.25) is 0 Å². The fourth-order valence-corrected chi connectivity index (χ4v) is 2.54. The normalized spacial score (nSPS) is 10.5. The van der Waals surface area contributed by atoms with Crippen molar-refractivity contribution in [2.45, 2.75) is 13.8 Å².